The summed E-state index contributed by atoms with van der Waals surface area (Å²) in [5.41, 5.74) is 1.01. The zero-order chi connectivity index (χ0) is 15.2. The molecule has 1 saturated heterocycles. The summed E-state index contributed by atoms with van der Waals surface area (Å²) in [7, 11) is 0. The smallest absolute Gasteiger partial charge is 0.410 e. The predicted octanol–water partition coefficient (Wildman–Crippen LogP) is 4.10. The van der Waals surface area contributed by atoms with Gasteiger partial charge < -0.3 is 14.1 Å². The third kappa shape index (κ3) is 3.85. The van der Waals surface area contributed by atoms with Crippen LogP contribution >= 0.6 is 11.8 Å². The summed E-state index contributed by atoms with van der Waals surface area (Å²) in [5.74, 6) is 1.88. The van der Waals surface area contributed by atoms with Crippen LogP contribution in [0.15, 0.2) is 53.1 Å². The number of furan rings is 1. The molecule has 116 valence electrons. The van der Waals surface area contributed by atoms with Gasteiger partial charge in [-0.2, -0.15) is 0 Å². The second kappa shape index (κ2) is 7.40. The summed E-state index contributed by atoms with van der Waals surface area (Å²) < 4.78 is 10.9. The lowest BCUT2D eigenvalue weighted by Crippen LogP contribution is -2.33. The van der Waals surface area contributed by atoms with E-state index in [0.29, 0.717) is 18.4 Å². The lowest BCUT2D eigenvalue weighted by Gasteiger charge is -2.19. The first-order valence-corrected chi connectivity index (χ1v) is 8.48. The molecule has 1 aliphatic rings. The first-order chi connectivity index (χ1) is 10.8. The van der Waals surface area contributed by atoms with Gasteiger partial charge in [0.2, 0.25) is 0 Å². The minimum Gasteiger partial charge on any atom is -0.468 e. The van der Waals surface area contributed by atoms with Crippen LogP contribution in [0.4, 0.5) is 4.79 Å². The van der Waals surface area contributed by atoms with Crippen molar-refractivity contribution in [2.75, 3.05) is 18.8 Å². The third-order valence-electron chi connectivity index (χ3n) is 3.67. The number of benzene rings is 1. The van der Waals surface area contributed by atoms with Crippen LogP contribution in [0.2, 0.25) is 0 Å². The molecule has 1 atom stereocenters. The van der Waals surface area contributed by atoms with E-state index in [4.69, 9.17) is 9.15 Å². The number of hydrogen-bond donors (Lipinski definition) is 0. The molecule has 0 spiro atoms. The Hall–Kier alpha value is -1.88. The van der Waals surface area contributed by atoms with Gasteiger partial charge in [-0.05, 0) is 24.1 Å². The molecule has 1 aromatic heterocycles. The monoisotopic (exact) mass is 317 g/mol. The van der Waals surface area contributed by atoms with Crippen LogP contribution in [0.3, 0.4) is 0 Å². The molecule has 1 fully saturated rings. The Kier molecular flexibility index (Phi) is 5.06. The molecular weight excluding hydrogens is 298 g/mol. The summed E-state index contributed by atoms with van der Waals surface area (Å²) >= 11 is 1.83. The fourth-order valence-corrected chi connectivity index (χ4v) is 3.65. The van der Waals surface area contributed by atoms with Crippen molar-refractivity contribution in [1.29, 1.82) is 0 Å². The molecule has 2 heterocycles. The van der Waals surface area contributed by atoms with Gasteiger partial charge in [-0.25, -0.2) is 4.79 Å². The van der Waals surface area contributed by atoms with Crippen molar-refractivity contribution in [3.05, 3.63) is 60.1 Å². The highest BCUT2D eigenvalue weighted by molar-refractivity contribution is 7.99. The Morgan fingerprint density at radius 3 is 2.86 bits per heavy atom. The first kappa shape index (κ1) is 15.0. The Bertz CT molecular complexity index is 585. The van der Waals surface area contributed by atoms with Gasteiger partial charge >= 0.3 is 6.09 Å². The van der Waals surface area contributed by atoms with Crippen molar-refractivity contribution in [2.24, 2.45) is 0 Å². The molecule has 1 unspecified atom stereocenters. The molecule has 4 nitrogen and oxygen atoms in total. The fraction of sp³-hybridized carbons (Fsp3) is 0.353. The van der Waals surface area contributed by atoms with Gasteiger partial charge in [0.1, 0.15) is 12.4 Å². The number of thioether (sulfide) groups is 1. The minimum atomic E-state index is -0.232. The maximum absolute atomic E-state index is 12.2. The molecule has 1 aromatic carbocycles. The lowest BCUT2D eigenvalue weighted by atomic mass is 10.2. The number of nitrogens with zero attached hydrogens (tertiary/aromatic N) is 1. The van der Waals surface area contributed by atoms with Gasteiger partial charge in [-0.1, -0.05) is 30.3 Å². The van der Waals surface area contributed by atoms with Crippen LogP contribution < -0.4 is 0 Å². The van der Waals surface area contributed by atoms with E-state index in [1.807, 2.05) is 54.2 Å². The van der Waals surface area contributed by atoms with E-state index >= 15 is 0 Å². The van der Waals surface area contributed by atoms with Crippen molar-refractivity contribution < 1.29 is 13.9 Å². The number of amides is 1. The summed E-state index contributed by atoms with van der Waals surface area (Å²) in [6.07, 6.45) is 2.36. The van der Waals surface area contributed by atoms with Crippen molar-refractivity contribution in [2.45, 2.75) is 18.3 Å². The van der Waals surface area contributed by atoms with E-state index in [0.717, 1.165) is 30.0 Å². The summed E-state index contributed by atoms with van der Waals surface area (Å²) in [6.45, 7) is 1.74. The minimum absolute atomic E-state index is 0.232. The zero-order valence-corrected chi connectivity index (χ0v) is 13.1. The van der Waals surface area contributed by atoms with E-state index < -0.39 is 0 Å². The molecule has 0 saturated carbocycles. The van der Waals surface area contributed by atoms with E-state index in [-0.39, 0.29) is 6.09 Å². The van der Waals surface area contributed by atoms with Crippen LogP contribution in [-0.4, -0.2) is 29.8 Å². The summed E-state index contributed by atoms with van der Waals surface area (Å²) in [4.78, 5) is 14.0. The Balaban J connectivity index is 1.51. The summed E-state index contributed by atoms with van der Waals surface area (Å²) in [6, 6.07) is 13.7. The van der Waals surface area contributed by atoms with Crippen LogP contribution in [0.1, 0.15) is 23.0 Å². The molecular formula is C17H19NO3S. The van der Waals surface area contributed by atoms with Crippen LogP contribution in [-0.2, 0) is 11.3 Å². The van der Waals surface area contributed by atoms with Crippen molar-refractivity contribution in [3.63, 3.8) is 0 Å². The maximum Gasteiger partial charge on any atom is 0.410 e. The van der Waals surface area contributed by atoms with Crippen LogP contribution in [0.5, 0.6) is 0 Å². The average Bonchev–Trinajstić information content (AvgIpc) is 2.98. The highest BCUT2D eigenvalue weighted by Crippen LogP contribution is 2.34. The first-order valence-electron chi connectivity index (χ1n) is 7.43. The normalized spacial score (nSPS) is 18.7. The van der Waals surface area contributed by atoms with E-state index in [2.05, 4.69) is 0 Å². The maximum atomic E-state index is 12.2. The highest BCUT2D eigenvalue weighted by atomic mass is 32.2. The molecule has 0 radical (unpaired) electrons. The van der Waals surface area contributed by atoms with E-state index in [1.165, 1.54) is 0 Å². The molecule has 0 N–H and O–H groups in total. The molecule has 2 aromatic rings. The van der Waals surface area contributed by atoms with Gasteiger partial charge in [-0.15, -0.1) is 11.8 Å². The predicted molar refractivity (Wildman–Crippen MR) is 86.7 cm³/mol. The SMILES string of the molecule is O=C(OCc1ccccc1)N1CCSC(c2ccco2)CC1. The standard InChI is InChI=1S/C17H19NO3S/c19-17(21-13-14-5-2-1-3-6-14)18-9-8-16(22-12-10-18)15-7-4-11-20-15/h1-7,11,16H,8-10,12-13H2. The van der Waals surface area contributed by atoms with Gasteiger partial charge in [-0.3, -0.25) is 0 Å². The molecule has 0 bridgehead atoms. The van der Waals surface area contributed by atoms with Crippen LogP contribution in [0.25, 0.3) is 0 Å². The Morgan fingerprint density at radius 2 is 2.09 bits per heavy atom. The Labute approximate surface area is 134 Å². The topological polar surface area (TPSA) is 42.7 Å². The second-order valence-corrected chi connectivity index (χ2v) is 6.50. The number of hydrogen-bond acceptors (Lipinski definition) is 4. The fourth-order valence-electron chi connectivity index (χ4n) is 2.47. The highest BCUT2D eigenvalue weighted by Gasteiger charge is 2.24. The van der Waals surface area contributed by atoms with Crippen LogP contribution in [0, 0.1) is 0 Å². The lowest BCUT2D eigenvalue weighted by molar-refractivity contribution is 0.0983. The average molecular weight is 317 g/mol. The Morgan fingerprint density at radius 1 is 1.23 bits per heavy atom. The van der Waals surface area contributed by atoms with Gasteiger partial charge in [0, 0.05) is 18.8 Å². The van der Waals surface area contributed by atoms with E-state index in [9.17, 15) is 4.79 Å². The zero-order valence-electron chi connectivity index (χ0n) is 12.3. The van der Waals surface area contributed by atoms with Gasteiger partial charge in [0.05, 0.1) is 11.5 Å². The molecule has 0 aliphatic carbocycles. The van der Waals surface area contributed by atoms with Crippen molar-refractivity contribution >= 4 is 17.9 Å². The van der Waals surface area contributed by atoms with Crippen molar-refractivity contribution in [3.8, 4) is 0 Å². The third-order valence-corrected chi connectivity index (χ3v) is 4.95. The number of carbonyl (C=O) groups is 1. The van der Waals surface area contributed by atoms with Gasteiger partial charge in [0.25, 0.3) is 0 Å². The molecule has 1 amide bonds. The molecule has 5 heteroatoms. The summed E-state index contributed by atoms with van der Waals surface area (Å²) in [5, 5.41) is 0.321. The second-order valence-electron chi connectivity index (χ2n) is 5.19. The molecule has 1 aliphatic heterocycles. The largest absolute Gasteiger partial charge is 0.468 e. The quantitative estimate of drug-likeness (QED) is 0.855. The van der Waals surface area contributed by atoms with E-state index in [1.54, 1.807) is 11.2 Å². The molecule has 22 heavy (non-hydrogen) atoms. The number of ether oxygens (including phenoxy) is 1. The van der Waals surface area contributed by atoms with Crippen molar-refractivity contribution in [1.82, 2.24) is 4.90 Å². The molecule has 3 rings (SSSR count). The number of carbonyl (C=O) groups excluding carboxylic acids is 1. The van der Waals surface area contributed by atoms with Gasteiger partial charge in [0.15, 0.2) is 0 Å². The number of rotatable bonds is 3.